The molecule has 0 aliphatic carbocycles. The lowest BCUT2D eigenvalue weighted by Crippen LogP contribution is -2.08. The number of aromatic nitrogens is 2. The molecule has 4 rings (SSSR count). The summed E-state index contributed by atoms with van der Waals surface area (Å²) < 4.78 is 12.2. The minimum atomic E-state index is -0.131. The first-order valence-corrected chi connectivity index (χ1v) is 7.28. The van der Waals surface area contributed by atoms with Gasteiger partial charge in [0.2, 0.25) is 6.79 Å². The Morgan fingerprint density at radius 2 is 2.00 bits per heavy atom. The van der Waals surface area contributed by atoms with Crippen molar-refractivity contribution in [3.05, 3.63) is 59.9 Å². The molecule has 0 saturated heterocycles. The molecule has 0 amide bonds. The number of rotatable bonds is 2. The van der Waals surface area contributed by atoms with E-state index >= 15 is 0 Å². The van der Waals surface area contributed by atoms with Gasteiger partial charge in [0.1, 0.15) is 5.82 Å². The van der Waals surface area contributed by atoms with Gasteiger partial charge in [-0.3, -0.25) is 9.36 Å². The molecule has 0 atom stereocenters. The normalized spacial score (nSPS) is 13.1. The first kappa shape index (κ1) is 13.6. The molecule has 0 bridgehead atoms. The molecule has 2 aromatic carbocycles. The van der Waals surface area contributed by atoms with Gasteiger partial charge in [0.25, 0.3) is 5.91 Å². The minimum absolute atomic E-state index is 0.131. The molecule has 0 unspecified atom stereocenters. The third-order valence-corrected chi connectivity index (χ3v) is 3.76. The van der Waals surface area contributed by atoms with Gasteiger partial charge in [0, 0.05) is 6.08 Å². The molecule has 5 nitrogen and oxygen atoms in total. The number of hydrogen-bond donors (Lipinski definition) is 0. The number of carbonyl (C=O) groups excluding carboxylic acids is 1. The van der Waals surface area contributed by atoms with Crippen molar-refractivity contribution < 1.29 is 14.3 Å². The highest BCUT2D eigenvalue weighted by molar-refractivity contribution is 5.99. The largest absolute Gasteiger partial charge is 0.454 e. The number of allylic oxidation sites excluding steroid dienone is 1. The van der Waals surface area contributed by atoms with E-state index in [-0.39, 0.29) is 12.7 Å². The maximum absolute atomic E-state index is 12.5. The van der Waals surface area contributed by atoms with Crippen LogP contribution in [0.3, 0.4) is 0 Å². The van der Waals surface area contributed by atoms with Gasteiger partial charge < -0.3 is 9.47 Å². The van der Waals surface area contributed by atoms with Crippen LogP contribution in [0.1, 0.15) is 16.2 Å². The van der Waals surface area contributed by atoms with E-state index in [2.05, 4.69) is 4.98 Å². The van der Waals surface area contributed by atoms with Crippen molar-refractivity contribution in [3.8, 4) is 11.5 Å². The SMILES string of the molecule is Cc1nc2ccccc2n1C(=O)/C=C/c1ccc2c(c1)OCO2. The first-order chi connectivity index (χ1) is 11.2. The Balaban J connectivity index is 1.65. The van der Waals surface area contributed by atoms with Gasteiger partial charge in [0.05, 0.1) is 11.0 Å². The predicted octanol–water partition coefficient (Wildman–Crippen LogP) is 3.43. The van der Waals surface area contributed by atoms with Crippen LogP contribution in [-0.2, 0) is 0 Å². The Hall–Kier alpha value is -3.08. The molecule has 0 N–H and O–H groups in total. The summed E-state index contributed by atoms with van der Waals surface area (Å²) in [4.78, 5) is 16.9. The molecular formula is C18H14N2O3. The van der Waals surface area contributed by atoms with E-state index in [9.17, 15) is 4.79 Å². The van der Waals surface area contributed by atoms with Crippen LogP contribution in [0.2, 0.25) is 0 Å². The van der Waals surface area contributed by atoms with Gasteiger partial charge >= 0.3 is 0 Å². The summed E-state index contributed by atoms with van der Waals surface area (Å²) in [6.45, 7) is 2.06. The Bertz CT molecular complexity index is 941. The van der Waals surface area contributed by atoms with Gasteiger partial charge in [-0.15, -0.1) is 0 Å². The summed E-state index contributed by atoms with van der Waals surface area (Å²) in [5, 5.41) is 0. The van der Waals surface area contributed by atoms with Crippen molar-refractivity contribution in [3.63, 3.8) is 0 Å². The molecule has 1 aromatic heterocycles. The maximum atomic E-state index is 12.5. The summed E-state index contributed by atoms with van der Waals surface area (Å²) >= 11 is 0. The van der Waals surface area contributed by atoms with Crippen molar-refractivity contribution in [1.29, 1.82) is 0 Å². The third kappa shape index (κ3) is 2.36. The van der Waals surface area contributed by atoms with Crippen LogP contribution in [0.4, 0.5) is 0 Å². The number of imidazole rings is 1. The summed E-state index contributed by atoms with van der Waals surface area (Å²) in [5.74, 6) is 1.97. The van der Waals surface area contributed by atoms with E-state index in [1.165, 1.54) is 0 Å². The van der Waals surface area contributed by atoms with E-state index in [1.54, 1.807) is 16.7 Å². The van der Waals surface area contributed by atoms with E-state index in [4.69, 9.17) is 9.47 Å². The quantitative estimate of drug-likeness (QED) is 0.681. The number of aryl methyl sites for hydroxylation is 1. The molecule has 5 heteroatoms. The lowest BCUT2D eigenvalue weighted by Gasteiger charge is -2.01. The fourth-order valence-corrected chi connectivity index (χ4v) is 2.68. The molecule has 0 spiro atoms. The lowest BCUT2D eigenvalue weighted by molar-refractivity contribution is 0.0972. The topological polar surface area (TPSA) is 53.4 Å². The molecule has 114 valence electrons. The molecule has 3 aromatic rings. The predicted molar refractivity (Wildman–Crippen MR) is 86.7 cm³/mol. The van der Waals surface area contributed by atoms with Crippen LogP contribution in [-0.4, -0.2) is 22.3 Å². The highest BCUT2D eigenvalue weighted by Gasteiger charge is 2.13. The Morgan fingerprint density at radius 1 is 1.17 bits per heavy atom. The van der Waals surface area contributed by atoms with Crippen LogP contribution in [0.25, 0.3) is 17.1 Å². The Morgan fingerprint density at radius 3 is 2.91 bits per heavy atom. The van der Waals surface area contributed by atoms with Crippen molar-refractivity contribution in [2.24, 2.45) is 0 Å². The van der Waals surface area contributed by atoms with Crippen LogP contribution in [0, 0.1) is 6.92 Å². The summed E-state index contributed by atoms with van der Waals surface area (Å²) in [6.07, 6.45) is 3.30. The van der Waals surface area contributed by atoms with E-state index in [1.807, 2.05) is 49.4 Å². The second-order valence-corrected chi connectivity index (χ2v) is 5.27. The van der Waals surface area contributed by atoms with Crippen LogP contribution in [0.15, 0.2) is 48.5 Å². The van der Waals surface area contributed by atoms with Gasteiger partial charge in [0.15, 0.2) is 11.5 Å². The smallest absolute Gasteiger partial charge is 0.256 e. The first-order valence-electron chi connectivity index (χ1n) is 7.28. The molecule has 1 aliphatic heterocycles. The number of ether oxygens (including phenoxy) is 2. The van der Waals surface area contributed by atoms with Crippen molar-refractivity contribution in [2.75, 3.05) is 6.79 Å². The third-order valence-electron chi connectivity index (χ3n) is 3.76. The van der Waals surface area contributed by atoms with E-state index in [0.717, 1.165) is 22.3 Å². The highest BCUT2D eigenvalue weighted by Crippen LogP contribution is 2.32. The zero-order chi connectivity index (χ0) is 15.8. The van der Waals surface area contributed by atoms with Crippen molar-refractivity contribution in [1.82, 2.24) is 9.55 Å². The lowest BCUT2D eigenvalue weighted by atomic mass is 10.2. The maximum Gasteiger partial charge on any atom is 0.256 e. The molecule has 23 heavy (non-hydrogen) atoms. The van der Waals surface area contributed by atoms with E-state index < -0.39 is 0 Å². The number of fused-ring (bicyclic) bond motifs is 2. The van der Waals surface area contributed by atoms with Gasteiger partial charge in [-0.1, -0.05) is 18.2 Å². The standard InChI is InChI=1S/C18H14N2O3/c1-12-19-14-4-2-3-5-15(14)20(12)18(21)9-7-13-6-8-16-17(10-13)23-11-22-16/h2-10H,11H2,1H3/b9-7+. The van der Waals surface area contributed by atoms with Crippen LogP contribution in [0.5, 0.6) is 11.5 Å². The van der Waals surface area contributed by atoms with Gasteiger partial charge in [-0.05, 0) is 42.8 Å². The molecule has 0 saturated carbocycles. The fraction of sp³-hybridized carbons (Fsp3) is 0.111. The number of nitrogens with zero attached hydrogens (tertiary/aromatic N) is 2. The second-order valence-electron chi connectivity index (χ2n) is 5.27. The highest BCUT2D eigenvalue weighted by atomic mass is 16.7. The average Bonchev–Trinajstić information content (AvgIpc) is 3.15. The zero-order valence-corrected chi connectivity index (χ0v) is 12.5. The summed E-state index contributed by atoms with van der Waals surface area (Å²) in [6, 6.07) is 13.2. The molecule has 0 fully saturated rings. The number of hydrogen-bond acceptors (Lipinski definition) is 4. The molecule has 2 heterocycles. The Kier molecular flexibility index (Phi) is 3.12. The summed E-state index contributed by atoms with van der Waals surface area (Å²) in [7, 11) is 0. The average molecular weight is 306 g/mol. The molecule has 0 radical (unpaired) electrons. The van der Waals surface area contributed by atoms with Gasteiger partial charge in [-0.2, -0.15) is 0 Å². The number of carbonyl (C=O) groups is 1. The van der Waals surface area contributed by atoms with Crippen molar-refractivity contribution >= 4 is 23.0 Å². The van der Waals surface area contributed by atoms with E-state index in [0.29, 0.717) is 11.6 Å². The molecular weight excluding hydrogens is 292 g/mol. The van der Waals surface area contributed by atoms with Gasteiger partial charge in [-0.25, -0.2) is 4.98 Å². The monoisotopic (exact) mass is 306 g/mol. The van der Waals surface area contributed by atoms with Crippen LogP contribution >= 0.6 is 0 Å². The fourth-order valence-electron chi connectivity index (χ4n) is 2.68. The number of para-hydroxylation sites is 2. The minimum Gasteiger partial charge on any atom is -0.454 e. The second kappa shape index (κ2) is 5.28. The molecule has 1 aliphatic rings. The Labute approximate surface area is 132 Å². The number of benzene rings is 2. The van der Waals surface area contributed by atoms with Crippen molar-refractivity contribution in [2.45, 2.75) is 6.92 Å². The summed E-state index contributed by atoms with van der Waals surface area (Å²) in [5.41, 5.74) is 2.50. The van der Waals surface area contributed by atoms with Crippen LogP contribution < -0.4 is 9.47 Å². The zero-order valence-electron chi connectivity index (χ0n) is 12.5.